The zero-order valence-electron chi connectivity index (χ0n) is 11.7. The van der Waals surface area contributed by atoms with Crippen LogP contribution in [0.25, 0.3) is 0 Å². The third kappa shape index (κ3) is 9.85. The molecule has 0 spiro atoms. The summed E-state index contributed by atoms with van der Waals surface area (Å²) in [5.41, 5.74) is 4.03. The summed E-state index contributed by atoms with van der Waals surface area (Å²) in [6, 6.07) is 24.7. The average Bonchev–Trinajstić information content (AvgIpc) is 3.05. The molecule has 0 aromatic heterocycles. The van der Waals surface area contributed by atoms with Crippen molar-refractivity contribution < 1.29 is 38.2 Å². The van der Waals surface area contributed by atoms with E-state index in [1.165, 1.54) is 16.7 Å². The van der Waals surface area contributed by atoms with Gasteiger partial charge in [0.1, 0.15) is 0 Å². The van der Waals surface area contributed by atoms with Crippen LogP contribution in [0.2, 0.25) is 0 Å². The molecule has 0 bridgehead atoms. The summed E-state index contributed by atoms with van der Waals surface area (Å²) >= 11 is 0. The van der Waals surface area contributed by atoms with Crippen LogP contribution in [0.3, 0.4) is 0 Å². The number of hydrogen-bond acceptors (Lipinski definition) is 0. The number of hydrogen-bond donors (Lipinski definition) is 0. The van der Waals surface area contributed by atoms with Crippen LogP contribution in [0.1, 0.15) is 16.7 Å². The Hall–Kier alpha value is -0.677. The van der Waals surface area contributed by atoms with Gasteiger partial charge in [0, 0.05) is 0 Å². The normalized spacial score (nSPS) is 8.37. The second-order valence-corrected chi connectivity index (χ2v) is 4.39. The van der Waals surface area contributed by atoms with Crippen LogP contribution in [0.5, 0.6) is 0 Å². The molecule has 19 heavy (non-hydrogen) atoms. The third-order valence-corrected chi connectivity index (χ3v) is 2.49. The van der Waals surface area contributed by atoms with Crippen LogP contribution in [0, 0.1) is 58.9 Å². The first-order valence-corrected chi connectivity index (χ1v) is 6.23. The van der Waals surface area contributed by atoms with Gasteiger partial charge in [-0.1, -0.05) is 20.8 Å². The van der Waals surface area contributed by atoms with E-state index in [0.29, 0.717) is 0 Å². The van der Waals surface area contributed by atoms with E-state index < -0.39 is 0 Å². The van der Waals surface area contributed by atoms with Crippen molar-refractivity contribution in [2.24, 2.45) is 0 Å². The molecule has 0 atom stereocenters. The molecule has 0 saturated carbocycles. The van der Waals surface area contributed by atoms with Gasteiger partial charge in [-0.2, -0.15) is 53.1 Å². The summed E-state index contributed by atoms with van der Waals surface area (Å²) in [5.74, 6) is 0. The van der Waals surface area contributed by atoms with Crippen molar-refractivity contribution in [3.05, 3.63) is 89.5 Å². The molecule has 3 rings (SSSR count). The van der Waals surface area contributed by atoms with Gasteiger partial charge in [-0.25, -0.2) is 36.4 Å². The Morgan fingerprint density at radius 3 is 0.632 bits per heavy atom. The Morgan fingerprint density at radius 2 is 0.579 bits per heavy atom. The Labute approximate surface area is 147 Å². The molecule has 103 valence electrons. The minimum Gasteiger partial charge on any atom is -0.213 e. The Morgan fingerprint density at radius 1 is 0.421 bits per heavy atom. The standard InChI is InChI=1S/3C6H7.Dy/c3*1-6-4-2-3-5-6;/h3*2-5H,1H3;/q3*-1;+3. The van der Waals surface area contributed by atoms with E-state index in [2.05, 4.69) is 57.2 Å². The summed E-state index contributed by atoms with van der Waals surface area (Å²) in [5, 5.41) is 0. The van der Waals surface area contributed by atoms with Gasteiger partial charge in [-0.3, -0.25) is 0 Å². The maximum absolute atomic E-state index is 2.08. The monoisotopic (exact) mass is 401 g/mol. The molecule has 3 aromatic rings. The Kier molecular flexibility index (Phi) is 10.8. The van der Waals surface area contributed by atoms with E-state index in [-0.39, 0.29) is 38.2 Å². The van der Waals surface area contributed by atoms with Crippen molar-refractivity contribution in [3.8, 4) is 0 Å². The summed E-state index contributed by atoms with van der Waals surface area (Å²) in [6.45, 7) is 6.25. The zero-order valence-corrected chi connectivity index (χ0v) is 13.8. The molecule has 0 N–H and O–H groups in total. The molecule has 1 heteroatoms. The van der Waals surface area contributed by atoms with Crippen LogP contribution >= 0.6 is 0 Å². The Balaban J connectivity index is 0.000000249. The van der Waals surface area contributed by atoms with E-state index in [1.807, 2.05) is 36.4 Å². The molecular formula is C18H21Dy. The minimum atomic E-state index is 0. The summed E-state index contributed by atoms with van der Waals surface area (Å²) in [7, 11) is 0. The molecule has 0 fully saturated rings. The van der Waals surface area contributed by atoms with Crippen LogP contribution in [-0.4, -0.2) is 0 Å². The molecular weight excluding hydrogens is 379 g/mol. The fourth-order valence-electron chi connectivity index (χ4n) is 1.41. The van der Waals surface area contributed by atoms with Crippen molar-refractivity contribution in [2.45, 2.75) is 20.8 Å². The largest absolute Gasteiger partial charge is 3.00 e. The van der Waals surface area contributed by atoms with Gasteiger partial charge in [0.2, 0.25) is 0 Å². The maximum Gasteiger partial charge on any atom is 3.00 e. The zero-order chi connectivity index (χ0) is 13.2. The van der Waals surface area contributed by atoms with E-state index in [9.17, 15) is 0 Å². The van der Waals surface area contributed by atoms with Crippen LogP contribution in [0.4, 0.5) is 0 Å². The summed E-state index contributed by atoms with van der Waals surface area (Å²) in [4.78, 5) is 0. The molecule has 1 radical (unpaired) electrons. The SMILES string of the molecule is C[c-]1cccc1.C[c-]1cccc1.C[c-]1cccc1.[Dy+3]. The minimum absolute atomic E-state index is 0. The van der Waals surface area contributed by atoms with E-state index in [0.717, 1.165) is 0 Å². The van der Waals surface area contributed by atoms with Gasteiger partial charge in [-0.05, 0) is 0 Å². The topological polar surface area (TPSA) is 0 Å². The average molecular weight is 400 g/mol. The quantitative estimate of drug-likeness (QED) is 0.459. The Bertz CT molecular complexity index is 393. The van der Waals surface area contributed by atoms with Crippen molar-refractivity contribution in [1.82, 2.24) is 0 Å². The fourth-order valence-corrected chi connectivity index (χ4v) is 1.41. The van der Waals surface area contributed by atoms with Crippen molar-refractivity contribution in [1.29, 1.82) is 0 Å². The van der Waals surface area contributed by atoms with Crippen molar-refractivity contribution in [2.75, 3.05) is 0 Å². The smallest absolute Gasteiger partial charge is 0.213 e. The van der Waals surface area contributed by atoms with Gasteiger partial charge in [0.05, 0.1) is 0 Å². The van der Waals surface area contributed by atoms with E-state index in [4.69, 9.17) is 0 Å². The molecule has 0 heterocycles. The first-order valence-electron chi connectivity index (χ1n) is 6.23. The van der Waals surface area contributed by atoms with Gasteiger partial charge in [-0.15, -0.1) is 0 Å². The molecule has 0 unspecified atom stereocenters. The molecule has 0 nitrogen and oxygen atoms in total. The van der Waals surface area contributed by atoms with Gasteiger partial charge in [0.15, 0.2) is 0 Å². The number of rotatable bonds is 0. The van der Waals surface area contributed by atoms with Crippen molar-refractivity contribution >= 4 is 0 Å². The molecule has 0 aliphatic rings. The van der Waals surface area contributed by atoms with Crippen LogP contribution in [-0.2, 0) is 0 Å². The third-order valence-electron chi connectivity index (χ3n) is 2.49. The van der Waals surface area contributed by atoms with Crippen LogP contribution < -0.4 is 0 Å². The first kappa shape index (κ1) is 18.3. The van der Waals surface area contributed by atoms with E-state index >= 15 is 0 Å². The molecule has 0 aliphatic heterocycles. The predicted molar refractivity (Wildman–Crippen MR) is 80.3 cm³/mol. The van der Waals surface area contributed by atoms with Gasteiger partial charge < -0.3 is 0 Å². The predicted octanol–water partition coefficient (Wildman–Crippen LogP) is 5.14. The van der Waals surface area contributed by atoms with Gasteiger partial charge >= 0.3 is 38.2 Å². The summed E-state index contributed by atoms with van der Waals surface area (Å²) < 4.78 is 0. The van der Waals surface area contributed by atoms with Gasteiger partial charge in [0.25, 0.3) is 0 Å². The first-order chi connectivity index (χ1) is 8.68. The maximum atomic E-state index is 2.08. The fraction of sp³-hybridized carbons (Fsp3) is 0.167. The summed E-state index contributed by atoms with van der Waals surface area (Å²) in [6.07, 6.45) is 0. The van der Waals surface area contributed by atoms with Crippen LogP contribution in [0.15, 0.2) is 72.8 Å². The molecule has 0 aliphatic carbocycles. The molecule has 3 aromatic carbocycles. The second-order valence-electron chi connectivity index (χ2n) is 4.39. The molecule has 0 saturated heterocycles. The second kappa shape index (κ2) is 11.2. The molecule has 0 amide bonds. The van der Waals surface area contributed by atoms with E-state index in [1.54, 1.807) is 0 Å². The van der Waals surface area contributed by atoms with Crippen molar-refractivity contribution in [3.63, 3.8) is 0 Å². The number of aryl methyl sites for hydroxylation is 3.